The van der Waals surface area contributed by atoms with Gasteiger partial charge in [0.1, 0.15) is 22.5 Å². The number of anilines is 2. The van der Waals surface area contributed by atoms with Gasteiger partial charge in [-0.2, -0.15) is 0 Å². The van der Waals surface area contributed by atoms with Gasteiger partial charge in [-0.05, 0) is 35.4 Å². The molecule has 0 fully saturated rings. The largest absolute Gasteiger partial charge is 0.505 e. The third-order valence-corrected chi connectivity index (χ3v) is 9.18. The molecule has 2 unspecified atom stereocenters. The van der Waals surface area contributed by atoms with Crippen LogP contribution in [0.2, 0.25) is 0 Å². The molecule has 0 amide bonds. The van der Waals surface area contributed by atoms with Crippen LogP contribution >= 0.6 is 0 Å². The summed E-state index contributed by atoms with van der Waals surface area (Å²) in [6, 6.07) is 46.0. The van der Waals surface area contributed by atoms with Crippen LogP contribution in [-0.4, -0.2) is 30.0 Å². The minimum atomic E-state index is -0.430. The predicted molar refractivity (Wildman–Crippen MR) is 217 cm³/mol. The van der Waals surface area contributed by atoms with Crippen molar-refractivity contribution in [2.24, 2.45) is 0 Å². The first kappa shape index (κ1) is 39.8. The summed E-state index contributed by atoms with van der Waals surface area (Å²) in [7, 11) is 0. The number of nitro benzene ring substituents is 2. The summed E-state index contributed by atoms with van der Waals surface area (Å²) >= 11 is 0. The van der Waals surface area contributed by atoms with Crippen LogP contribution in [0.25, 0.3) is 21.8 Å². The van der Waals surface area contributed by atoms with Crippen molar-refractivity contribution >= 4 is 44.6 Å². The second kappa shape index (κ2) is 18.1. The van der Waals surface area contributed by atoms with Gasteiger partial charge in [-0.1, -0.05) is 109 Å². The Hall–Kier alpha value is -6.92. The van der Waals surface area contributed by atoms with E-state index in [9.17, 15) is 30.4 Å². The number of hydrogen-bond acceptors (Lipinski definition) is 10. The van der Waals surface area contributed by atoms with Gasteiger partial charge in [-0.15, -0.1) is 0 Å². The molecule has 0 saturated heterocycles. The van der Waals surface area contributed by atoms with Crippen molar-refractivity contribution < 1.29 is 47.7 Å². The molecule has 12 nitrogen and oxygen atoms in total. The Labute approximate surface area is 347 Å². The first-order valence-electron chi connectivity index (χ1n) is 17.5. The molecule has 8 rings (SSSR count). The average molecular weight is 943 g/mol. The first-order chi connectivity index (χ1) is 27.3. The van der Waals surface area contributed by atoms with Crippen molar-refractivity contribution in [1.82, 2.24) is 9.97 Å². The fourth-order valence-corrected chi connectivity index (χ4v) is 6.48. The van der Waals surface area contributed by atoms with Crippen molar-refractivity contribution in [3.05, 3.63) is 213 Å². The third-order valence-electron chi connectivity index (χ3n) is 9.18. The predicted octanol–water partition coefficient (Wildman–Crippen LogP) is 10.1. The summed E-state index contributed by atoms with van der Waals surface area (Å²) in [5.41, 5.74) is 5.32. The van der Waals surface area contributed by atoms with Crippen LogP contribution in [0.5, 0.6) is 11.5 Å². The van der Waals surface area contributed by atoms with E-state index in [1.165, 1.54) is 24.3 Å². The monoisotopic (exact) mass is 944 g/mol. The van der Waals surface area contributed by atoms with E-state index < -0.39 is 21.9 Å². The summed E-state index contributed by atoms with van der Waals surface area (Å²) in [6.45, 7) is 0. The standard InChI is InChI=1S/2C22H17N3O3.Hg/c2*26-22-19(12-11-16-8-5-13-23-21(16)22)20(15-6-2-1-3-7-15)24-17-9-4-10-18(14-17)25(27)28;/h2*1-14,20,24,26H;. The third kappa shape index (κ3) is 9.14. The number of phenols is 2. The summed E-state index contributed by atoms with van der Waals surface area (Å²) in [4.78, 5) is 29.9. The van der Waals surface area contributed by atoms with E-state index in [-0.39, 0.29) is 50.5 Å². The normalized spacial score (nSPS) is 11.6. The Morgan fingerprint density at radius 1 is 0.491 bits per heavy atom. The quantitative estimate of drug-likeness (QED) is 0.0586. The Morgan fingerprint density at radius 3 is 1.28 bits per heavy atom. The van der Waals surface area contributed by atoms with Gasteiger partial charge in [-0.25, -0.2) is 0 Å². The Morgan fingerprint density at radius 2 is 0.895 bits per heavy atom. The molecule has 6 aromatic carbocycles. The molecule has 0 saturated carbocycles. The number of rotatable bonds is 10. The summed E-state index contributed by atoms with van der Waals surface area (Å²) < 4.78 is 0. The Kier molecular flexibility index (Phi) is 12.7. The first-order valence-corrected chi connectivity index (χ1v) is 17.5. The minimum absolute atomic E-state index is 0. The van der Waals surface area contributed by atoms with Crippen LogP contribution in [0.15, 0.2) is 170 Å². The smallest absolute Gasteiger partial charge is 0.271 e. The fraction of sp³-hybridized carbons (Fsp3) is 0.0455. The molecular weight excluding hydrogens is 909 g/mol. The Bertz CT molecular complexity index is 2480. The van der Waals surface area contributed by atoms with Crippen molar-refractivity contribution in [1.29, 1.82) is 0 Å². The number of nitrogens with zero attached hydrogens (tertiary/aromatic N) is 4. The molecule has 8 aromatic rings. The van der Waals surface area contributed by atoms with Crippen molar-refractivity contribution in [2.75, 3.05) is 10.6 Å². The van der Waals surface area contributed by atoms with Crippen molar-refractivity contribution in [2.45, 2.75) is 12.1 Å². The van der Waals surface area contributed by atoms with Crippen LogP contribution in [0.1, 0.15) is 34.3 Å². The number of nitro groups is 2. The maximum atomic E-state index is 11.1. The number of aromatic nitrogens is 2. The van der Waals surface area contributed by atoms with Gasteiger partial charge in [0.2, 0.25) is 0 Å². The average Bonchev–Trinajstić information content (AvgIpc) is 3.24. The SMILES string of the molecule is O=[N+]([O-])c1cccc(NC(c2ccccc2)c2ccc3cccnc3c2O)c1.O=[N+]([O-])c1cccc(NC(c2ccccc2)c2ccc3cccnc3c2O)c1.[Hg]. The summed E-state index contributed by atoms with van der Waals surface area (Å²) in [5, 5.41) is 52.3. The molecule has 2 atom stereocenters. The van der Waals surface area contributed by atoms with Gasteiger partial charge in [0.15, 0.2) is 0 Å². The molecule has 0 aliphatic carbocycles. The maximum Gasteiger partial charge on any atom is 0.271 e. The number of fused-ring (bicyclic) bond motifs is 2. The number of non-ortho nitro benzene ring substituents is 2. The van der Waals surface area contributed by atoms with Gasteiger partial charge < -0.3 is 20.8 Å². The molecule has 278 valence electrons. The van der Waals surface area contributed by atoms with Crippen LogP contribution in [0, 0.1) is 20.2 Å². The molecule has 57 heavy (non-hydrogen) atoms. The van der Waals surface area contributed by atoms with E-state index in [4.69, 9.17) is 0 Å². The number of aromatic hydroxyl groups is 2. The van der Waals surface area contributed by atoms with Gasteiger partial charge in [0.25, 0.3) is 11.4 Å². The van der Waals surface area contributed by atoms with Crippen LogP contribution in [0.3, 0.4) is 0 Å². The maximum absolute atomic E-state index is 11.1. The molecule has 2 aromatic heterocycles. The molecule has 0 radical (unpaired) electrons. The van der Waals surface area contributed by atoms with E-state index in [1.807, 2.05) is 109 Å². The molecule has 0 aliphatic heterocycles. The van der Waals surface area contributed by atoms with E-state index >= 15 is 0 Å². The number of hydrogen-bond donors (Lipinski definition) is 4. The van der Waals surface area contributed by atoms with Gasteiger partial charge >= 0.3 is 0 Å². The molecule has 0 spiro atoms. The molecular formula is C44H34HgN6O6. The van der Waals surface area contributed by atoms with Crippen LogP contribution in [-0.2, 0) is 27.7 Å². The minimum Gasteiger partial charge on any atom is -0.505 e. The van der Waals surface area contributed by atoms with Gasteiger partial charge in [0, 0.05) is 97.6 Å². The second-order valence-electron chi connectivity index (χ2n) is 12.7. The zero-order valence-electron chi connectivity index (χ0n) is 30.3. The number of nitrogens with one attached hydrogen (secondary N) is 2. The molecule has 4 N–H and O–H groups in total. The van der Waals surface area contributed by atoms with Crippen LogP contribution < -0.4 is 10.6 Å². The van der Waals surface area contributed by atoms with E-state index in [0.29, 0.717) is 33.5 Å². The number of phenolic OH excluding ortho intramolecular Hbond substituents is 2. The zero-order chi connectivity index (χ0) is 39.0. The molecule has 0 aliphatic rings. The Balaban J connectivity index is 0.000000189. The summed E-state index contributed by atoms with van der Waals surface area (Å²) in [5.74, 6) is 0.176. The van der Waals surface area contributed by atoms with Crippen molar-refractivity contribution in [3.8, 4) is 11.5 Å². The van der Waals surface area contributed by atoms with Gasteiger partial charge in [0.05, 0.1) is 21.9 Å². The van der Waals surface area contributed by atoms with E-state index in [1.54, 1.807) is 36.7 Å². The number of pyridine rings is 2. The second-order valence-corrected chi connectivity index (χ2v) is 12.7. The molecule has 0 bridgehead atoms. The zero-order valence-corrected chi connectivity index (χ0v) is 35.8. The molecule has 2 heterocycles. The van der Waals surface area contributed by atoms with Gasteiger partial charge in [-0.3, -0.25) is 30.2 Å². The number of benzene rings is 6. The van der Waals surface area contributed by atoms with Crippen molar-refractivity contribution in [3.63, 3.8) is 0 Å². The fourth-order valence-electron chi connectivity index (χ4n) is 6.48. The molecule has 13 heteroatoms. The van der Waals surface area contributed by atoms with Crippen LogP contribution in [0.4, 0.5) is 22.7 Å². The van der Waals surface area contributed by atoms with E-state index in [0.717, 1.165) is 21.9 Å². The topological polar surface area (TPSA) is 177 Å². The summed E-state index contributed by atoms with van der Waals surface area (Å²) in [6.07, 6.45) is 3.27. The van der Waals surface area contributed by atoms with E-state index in [2.05, 4.69) is 20.6 Å².